The van der Waals surface area contributed by atoms with Gasteiger partial charge in [-0.05, 0) is 42.7 Å². The number of amides is 2. The van der Waals surface area contributed by atoms with Crippen LogP contribution in [0.3, 0.4) is 0 Å². The lowest BCUT2D eigenvalue weighted by atomic mass is 9.93. The Morgan fingerprint density at radius 1 is 1.21 bits per heavy atom. The third kappa shape index (κ3) is 3.60. The highest BCUT2D eigenvalue weighted by molar-refractivity contribution is 5.98. The van der Waals surface area contributed by atoms with Gasteiger partial charge in [0.15, 0.2) is 0 Å². The molecule has 3 aromatic rings. The molecule has 2 aromatic heterocycles. The second kappa shape index (κ2) is 7.42. The number of para-hydroxylation sites is 1. The van der Waals surface area contributed by atoms with Crippen molar-refractivity contribution in [3.63, 3.8) is 0 Å². The molecule has 1 fully saturated rings. The van der Waals surface area contributed by atoms with Crippen LogP contribution in [0.5, 0.6) is 0 Å². The topological polar surface area (TPSA) is 78.1 Å². The Morgan fingerprint density at radius 3 is 2.79 bits per heavy atom. The third-order valence-electron chi connectivity index (χ3n) is 5.10. The molecule has 1 aliphatic rings. The summed E-state index contributed by atoms with van der Waals surface area (Å²) in [5, 5.41) is 3.56. The number of pyridine rings is 1. The van der Waals surface area contributed by atoms with Gasteiger partial charge in [0.2, 0.25) is 5.67 Å². The summed E-state index contributed by atoms with van der Waals surface area (Å²) in [5.74, 6) is -0.974. The number of hydrogen-bond donors (Lipinski definition) is 2. The number of piperidine rings is 1. The SMILES string of the molecule is O=C(c1cc2ccccc2[nH]1)N1CCCC(F)(C(=O)NCc2ccncc2)C1. The lowest BCUT2D eigenvalue weighted by Gasteiger charge is -2.36. The Kier molecular flexibility index (Phi) is 4.81. The molecule has 0 radical (unpaired) electrons. The van der Waals surface area contributed by atoms with Gasteiger partial charge in [-0.3, -0.25) is 14.6 Å². The number of likely N-dealkylation sites (tertiary alicyclic amines) is 1. The third-order valence-corrected chi connectivity index (χ3v) is 5.10. The molecule has 0 spiro atoms. The van der Waals surface area contributed by atoms with Crippen molar-refractivity contribution >= 4 is 22.7 Å². The monoisotopic (exact) mass is 380 g/mol. The van der Waals surface area contributed by atoms with Gasteiger partial charge in [-0.15, -0.1) is 0 Å². The number of rotatable bonds is 4. The number of alkyl halides is 1. The Morgan fingerprint density at radius 2 is 2.00 bits per heavy atom. The number of nitrogens with one attached hydrogen (secondary N) is 2. The summed E-state index contributed by atoms with van der Waals surface area (Å²) in [4.78, 5) is 33.7. The van der Waals surface area contributed by atoms with Crippen LogP contribution in [0.2, 0.25) is 0 Å². The highest BCUT2D eigenvalue weighted by Gasteiger charge is 2.44. The van der Waals surface area contributed by atoms with Gasteiger partial charge in [0.1, 0.15) is 5.69 Å². The number of aromatic amines is 1. The number of benzene rings is 1. The smallest absolute Gasteiger partial charge is 0.270 e. The predicted molar refractivity (Wildman–Crippen MR) is 103 cm³/mol. The fourth-order valence-corrected chi connectivity index (χ4v) is 3.57. The van der Waals surface area contributed by atoms with Crippen LogP contribution in [-0.2, 0) is 11.3 Å². The number of fused-ring (bicyclic) bond motifs is 1. The number of carbonyl (C=O) groups is 2. The zero-order valence-electron chi connectivity index (χ0n) is 15.3. The van der Waals surface area contributed by atoms with E-state index in [-0.39, 0.29) is 25.4 Å². The number of aromatic nitrogens is 2. The summed E-state index contributed by atoms with van der Waals surface area (Å²) in [6.07, 6.45) is 3.78. The highest BCUT2D eigenvalue weighted by atomic mass is 19.1. The molecule has 2 amide bonds. The molecule has 1 saturated heterocycles. The van der Waals surface area contributed by atoms with E-state index in [0.717, 1.165) is 16.5 Å². The van der Waals surface area contributed by atoms with Crippen molar-refractivity contribution in [2.24, 2.45) is 0 Å². The molecular weight excluding hydrogens is 359 g/mol. The average Bonchev–Trinajstić information content (AvgIpc) is 3.16. The van der Waals surface area contributed by atoms with Crippen molar-refractivity contribution in [2.75, 3.05) is 13.1 Å². The lowest BCUT2D eigenvalue weighted by molar-refractivity contribution is -0.136. The molecule has 28 heavy (non-hydrogen) atoms. The van der Waals surface area contributed by atoms with Gasteiger partial charge < -0.3 is 15.2 Å². The van der Waals surface area contributed by atoms with Gasteiger partial charge >= 0.3 is 0 Å². The number of nitrogens with zero attached hydrogens (tertiary/aromatic N) is 2. The molecule has 4 rings (SSSR count). The Hall–Kier alpha value is -3.22. The van der Waals surface area contributed by atoms with Gasteiger partial charge in [0, 0.05) is 36.4 Å². The molecule has 0 bridgehead atoms. The summed E-state index contributed by atoms with van der Waals surface area (Å²) < 4.78 is 15.4. The molecular formula is C21H21FN4O2. The highest BCUT2D eigenvalue weighted by Crippen LogP contribution is 2.27. The summed E-state index contributed by atoms with van der Waals surface area (Å²) in [5.41, 5.74) is 0.00771. The summed E-state index contributed by atoms with van der Waals surface area (Å²) >= 11 is 0. The van der Waals surface area contributed by atoms with Crippen molar-refractivity contribution in [3.8, 4) is 0 Å². The minimum absolute atomic E-state index is 0.103. The van der Waals surface area contributed by atoms with Gasteiger partial charge in [0.05, 0.1) is 6.54 Å². The molecule has 1 aromatic carbocycles. The van der Waals surface area contributed by atoms with E-state index < -0.39 is 11.6 Å². The average molecular weight is 380 g/mol. The van der Waals surface area contributed by atoms with Crippen LogP contribution in [-0.4, -0.2) is 45.4 Å². The van der Waals surface area contributed by atoms with Gasteiger partial charge in [0.25, 0.3) is 11.8 Å². The van der Waals surface area contributed by atoms with E-state index in [1.807, 2.05) is 24.3 Å². The summed E-state index contributed by atoms with van der Waals surface area (Å²) in [6.45, 7) is 0.407. The molecule has 0 saturated carbocycles. The van der Waals surface area contributed by atoms with Crippen LogP contribution < -0.4 is 5.32 Å². The minimum atomic E-state index is -2.09. The maximum atomic E-state index is 15.4. The first-order chi connectivity index (χ1) is 13.5. The van der Waals surface area contributed by atoms with Crippen LogP contribution in [0.25, 0.3) is 10.9 Å². The van der Waals surface area contributed by atoms with Crippen molar-refractivity contribution in [3.05, 3.63) is 66.1 Å². The van der Waals surface area contributed by atoms with Crippen molar-refractivity contribution in [1.82, 2.24) is 20.2 Å². The van der Waals surface area contributed by atoms with E-state index in [9.17, 15) is 9.59 Å². The molecule has 6 nitrogen and oxygen atoms in total. The largest absolute Gasteiger partial charge is 0.351 e. The summed E-state index contributed by atoms with van der Waals surface area (Å²) in [7, 11) is 0. The Balaban J connectivity index is 1.45. The number of halogens is 1. The van der Waals surface area contributed by atoms with Gasteiger partial charge in [-0.2, -0.15) is 0 Å². The number of H-pyrrole nitrogens is 1. The Labute approximate surface area is 161 Å². The van der Waals surface area contributed by atoms with E-state index in [0.29, 0.717) is 18.7 Å². The van der Waals surface area contributed by atoms with Crippen LogP contribution in [0.1, 0.15) is 28.9 Å². The minimum Gasteiger partial charge on any atom is -0.351 e. The number of carbonyl (C=O) groups excluding carboxylic acids is 2. The predicted octanol–water partition coefficient (Wildman–Crippen LogP) is 2.82. The van der Waals surface area contributed by atoms with E-state index in [1.54, 1.807) is 30.6 Å². The molecule has 1 atom stereocenters. The van der Waals surface area contributed by atoms with Crippen molar-refractivity contribution in [2.45, 2.75) is 25.1 Å². The molecule has 0 aliphatic carbocycles. The first kappa shape index (κ1) is 18.2. The fraction of sp³-hybridized carbons (Fsp3) is 0.286. The molecule has 144 valence electrons. The van der Waals surface area contributed by atoms with Crippen molar-refractivity contribution in [1.29, 1.82) is 0 Å². The van der Waals surface area contributed by atoms with Crippen LogP contribution in [0.15, 0.2) is 54.9 Å². The lowest BCUT2D eigenvalue weighted by Crippen LogP contribution is -2.55. The zero-order valence-corrected chi connectivity index (χ0v) is 15.3. The molecule has 1 unspecified atom stereocenters. The standard InChI is InChI=1S/C21H21FN4O2/c22-21(20(28)24-13-15-6-9-23-10-7-15)8-3-11-26(14-21)19(27)18-12-16-4-1-2-5-17(16)25-18/h1-2,4-7,9-10,12,25H,3,8,11,13-14H2,(H,24,28). The van der Waals surface area contributed by atoms with Gasteiger partial charge in [-0.1, -0.05) is 18.2 Å². The van der Waals surface area contributed by atoms with E-state index in [1.165, 1.54) is 4.90 Å². The van der Waals surface area contributed by atoms with Crippen LogP contribution in [0.4, 0.5) is 4.39 Å². The Bertz CT molecular complexity index is 971. The second-order valence-electron chi connectivity index (χ2n) is 7.10. The van der Waals surface area contributed by atoms with E-state index >= 15 is 4.39 Å². The fourth-order valence-electron chi connectivity index (χ4n) is 3.57. The quantitative estimate of drug-likeness (QED) is 0.731. The molecule has 2 N–H and O–H groups in total. The first-order valence-corrected chi connectivity index (χ1v) is 9.28. The molecule has 7 heteroatoms. The summed E-state index contributed by atoms with van der Waals surface area (Å²) in [6, 6.07) is 12.9. The first-order valence-electron chi connectivity index (χ1n) is 9.28. The number of hydrogen-bond acceptors (Lipinski definition) is 3. The van der Waals surface area contributed by atoms with E-state index in [2.05, 4.69) is 15.3 Å². The zero-order chi connectivity index (χ0) is 19.6. The van der Waals surface area contributed by atoms with E-state index in [4.69, 9.17) is 0 Å². The van der Waals surface area contributed by atoms with Crippen molar-refractivity contribution < 1.29 is 14.0 Å². The van der Waals surface area contributed by atoms with Gasteiger partial charge in [-0.25, -0.2) is 4.39 Å². The maximum absolute atomic E-state index is 15.4. The normalized spacial score (nSPS) is 19.5. The second-order valence-corrected chi connectivity index (χ2v) is 7.10. The molecule has 3 heterocycles. The maximum Gasteiger partial charge on any atom is 0.270 e. The van der Waals surface area contributed by atoms with Crippen LogP contribution in [0, 0.1) is 0 Å². The molecule has 1 aliphatic heterocycles. The van der Waals surface area contributed by atoms with Crippen LogP contribution >= 0.6 is 0 Å².